The highest BCUT2D eigenvalue weighted by atomic mass is 19.1. The lowest BCUT2D eigenvalue weighted by Gasteiger charge is -2.13. The van der Waals surface area contributed by atoms with E-state index in [0.717, 1.165) is 23.9 Å². The Hall–Kier alpha value is -2.96. The van der Waals surface area contributed by atoms with Crippen LogP contribution in [0.4, 0.5) is 20.2 Å². The van der Waals surface area contributed by atoms with Crippen molar-refractivity contribution in [3.63, 3.8) is 0 Å². The first-order valence-corrected chi connectivity index (χ1v) is 7.07. The van der Waals surface area contributed by atoms with Gasteiger partial charge in [0.25, 0.3) is 5.91 Å². The van der Waals surface area contributed by atoms with Gasteiger partial charge in [-0.15, -0.1) is 0 Å². The molecule has 0 heterocycles. The van der Waals surface area contributed by atoms with Crippen LogP contribution in [0.5, 0.6) is 0 Å². The number of benzene rings is 2. The number of carbonyl (C=O) groups excluding carboxylic acids is 2. The average molecular weight is 334 g/mol. The SMILES string of the molecule is CN(C)c1ccc(NC(=O)COC(=O)c2c(F)cccc2F)cc1. The van der Waals surface area contributed by atoms with Crippen molar-refractivity contribution in [3.05, 3.63) is 59.7 Å². The highest BCUT2D eigenvalue weighted by Gasteiger charge is 2.19. The summed E-state index contributed by atoms with van der Waals surface area (Å²) in [6.45, 7) is -0.651. The van der Waals surface area contributed by atoms with Crippen LogP contribution in [0.25, 0.3) is 0 Å². The molecule has 0 bridgehead atoms. The second-order valence-corrected chi connectivity index (χ2v) is 5.16. The van der Waals surface area contributed by atoms with Crippen molar-refractivity contribution in [3.8, 4) is 0 Å². The topological polar surface area (TPSA) is 58.6 Å². The van der Waals surface area contributed by atoms with Gasteiger partial charge in [0.2, 0.25) is 0 Å². The fourth-order valence-electron chi connectivity index (χ4n) is 1.94. The molecular weight excluding hydrogens is 318 g/mol. The molecule has 2 aromatic rings. The molecule has 0 atom stereocenters. The minimum absolute atomic E-state index is 0.513. The molecule has 2 aromatic carbocycles. The van der Waals surface area contributed by atoms with Crippen LogP contribution in [-0.2, 0) is 9.53 Å². The van der Waals surface area contributed by atoms with Gasteiger partial charge in [0.05, 0.1) is 0 Å². The minimum atomic E-state index is -1.23. The monoisotopic (exact) mass is 334 g/mol. The van der Waals surface area contributed by atoms with Gasteiger partial charge in [0.15, 0.2) is 6.61 Å². The molecule has 0 aliphatic heterocycles. The zero-order valence-electron chi connectivity index (χ0n) is 13.2. The summed E-state index contributed by atoms with van der Waals surface area (Å²) < 4.78 is 31.5. The van der Waals surface area contributed by atoms with Gasteiger partial charge >= 0.3 is 5.97 Å². The molecule has 2 rings (SSSR count). The van der Waals surface area contributed by atoms with Gasteiger partial charge in [0.1, 0.15) is 17.2 Å². The summed E-state index contributed by atoms with van der Waals surface area (Å²) in [5.41, 5.74) is 0.647. The maximum atomic E-state index is 13.4. The van der Waals surface area contributed by atoms with E-state index in [4.69, 9.17) is 0 Å². The Morgan fingerprint density at radius 1 is 1.04 bits per heavy atom. The summed E-state index contributed by atoms with van der Waals surface area (Å²) in [5.74, 6) is -3.93. The zero-order valence-corrected chi connectivity index (χ0v) is 13.2. The Balaban J connectivity index is 1.92. The van der Waals surface area contributed by atoms with E-state index in [1.54, 1.807) is 24.3 Å². The molecule has 1 N–H and O–H groups in total. The summed E-state index contributed by atoms with van der Waals surface area (Å²) >= 11 is 0. The summed E-state index contributed by atoms with van der Waals surface area (Å²) in [4.78, 5) is 25.3. The predicted octanol–water partition coefficient (Wildman–Crippen LogP) is 2.83. The van der Waals surface area contributed by atoms with E-state index in [1.165, 1.54) is 0 Å². The van der Waals surface area contributed by atoms with Crippen molar-refractivity contribution in [1.82, 2.24) is 0 Å². The van der Waals surface area contributed by atoms with Crippen LogP contribution in [0.2, 0.25) is 0 Å². The van der Waals surface area contributed by atoms with E-state index in [-0.39, 0.29) is 0 Å². The van der Waals surface area contributed by atoms with Gasteiger partial charge < -0.3 is 15.0 Å². The molecule has 0 aromatic heterocycles. The largest absolute Gasteiger partial charge is 0.452 e. The number of halogens is 2. The molecule has 1 amide bonds. The first-order chi connectivity index (χ1) is 11.4. The first kappa shape index (κ1) is 17.4. The molecule has 0 saturated carbocycles. The number of nitrogens with one attached hydrogen (secondary N) is 1. The van der Waals surface area contributed by atoms with Gasteiger partial charge in [-0.3, -0.25) is 4.79 Å². The van der Waals surface area contributed by atoms with Gasteiger partial charge in [0, 0.05) is 25.5 Å². The quantitative estimate of drug-likeness (QED) is 0.854. The summed E-state index contributed by atoms with van der Waals surface area (Å²) in [6, 6.07) is 9.98. The molecule has 0 spiro atoms. The van der Waals surface area contributed by atoms with Crippen LogP contribution in [0.3, 0.4) is 0 Å². The average Bonchev–Trinajstić information content (AvgIpc) is 2.53. The summed E-state index contributed by atoms with van der Waals surface area (Å²) in [6.07, 6.45) is 0. The number of amides is 1. The lowest BCUT2D eigenvalue weighted by atomic mass is 10.2. The van der Waals surface area contributed by atoms with Crippen molar-refractivity contribution in [2.24, 2.45) is 0 Å². The molecule has 7 heteroatoms. The molecule has 5 nitrogen and oxygen atoms in total. The number of nitrogens with zero attached hydrogens (tertiary/aromatic N) is 1. The second-order valence-electron chi connectivity index (χ2n) is 5.16. The van der Waals surface area contributed by atoms with E-state index in [0.29, 0.717) is 5.69 Å². The molecular formula is C17H16F2N2O3. The molecule has 0 fully saturated rings. The van der Waals surface area contributed by atoms with Crippen LogP contribution in [-0.4, -0.2) is 32.6 Å². The zero-order chi connectivity index (χ0) is 17.7. The van der Waals surface area contributed by atoms with E-state index in [2.05, 4.69) is 10.1 Å². The number of anilines is 2. The van der Waals surface area contributed by atoms with Crippen LogP contribution in [0.1, 0.15) is 10.4 Å². The number of carbonyl (C=O) groups is 2. The van der Waals surface area contributed by atoms with Crippen LogP contribution in [0.15, 0.2) is 42.5 Å². The third-order valence-electron chi connectivity index (χ3n) is 3.17. The number of hydrogen-bond acceptors (Lipinski definition) is 4. The Bertz CT molecular complexity index is 726. The molecule has 24 heavy (non-hydrogen) atoms. The fraction of sp³-hybridized carbons (Fsp3) is 0.176. The third kappa shape index (κ3) is 4.28. The van der Waals surface area contributed by atoms with Crippen molar-refractivity contribution in [2.75, 3.05) is 30.9 Å². The van der Waals surface area contributed by atoms with E-state index < -0.39 is 35.7 Å². The van der Waals surface area contributed by atoms with Crippen LogP contribution >= 0.6 is 0 Å². The van der Waals surface area contributed by atoms with E-state index in [1.807, 2.05) is 19.0 Å². The minimum Gasteiger partial charge on any atom is -0.452 e. The highest BCUT2D eigenvalue weighted by molar-refractivity contribution is 5.95. The van der Waals surface area contributed by atoms with Crippen molar-refractivity contribution >= 4 is 23.3 Å². The van der Waals surface area contributed by atoms with Gasteiger partial charge in [-0.05, 0) is 36.4 Å². The van der Waals surface area contributed by atoms with E-state index >= 15 is 0 Å². The Morgan fingerprint density at radius 2 is 1.62 bits per heavy atom. The molecule has 0 aliphatic carbocycles. The van der Waals surface area contributed by atoms with Crippen LogP contribution < -0.4 is 10.2 Å². The number of esters is 1. The van der Waals surface area contributed by atoms with Crippen molar-refractivity contribution in [1.29, 1.82) is 0 Å². The third-order valence-corrected chi connectivity index (χ3v) is 3.17. The van der Waals surface area contributed by atoms with Gasteiger partial charge in [-0.25, -0.2) is 13.6 Å². The molecule has 0 radical (unpaired) electrons. The Labute approximate surface area is 137 Å². The Kier molecular flexibility index (Phi) is 5.47. The van der Waals surface area contributed by atoms with Gasteiger partial charge in [-0.1, -0.05) is 6.07 Å². The number of hydrogen-bond donors (Lipinski definition) is 1. The van der Waals surface area contributed by atoms with E-state index in [9.17, 15) is 18.4 Å². The normalized spacial score (nSPS) is 10.2. The second kappa shape index (κ2) is 7.54. The number of rotatable bonds is 5. The molecule has 0 unspecified atom stereocenters. The first-order valence-electron chi connectivity index (χ1n) is 7.07. The maximum absolute atomic E-state index is 13.4. The fourth-order valence-corrected chi connectivity index (χ4v) is 1.94. The van der Waals surface area contributed by atoms with Crippen molar-refractivity contribution in [2.45, 2.75) is 0 Å². The molecule has 126 valence electrons. The van der Waals surface area contributed by atoms with Gasteiger partial charge in [-0.2, -0.15) is 0 Å². The standard InChI is InChI=1S/C17H16F2N2O3/c1-21(2)12-8-6-11(7-9-12)20-15(22)10-24-17(23)16-13(18)4-3-5-14(16)19/h3-9H,10H2,1-2H3,(H,20,22). The lowest BCUT2D eigenvalue weighted by Crippen LogP contribution is -2.22. The highest BCUT2D eigenvalue weighted by Crippen LogP contribution is 2.16. The smallest absolute Gasteiger partial charge is 0.344 e. The lowest BCUT2D eigenvalue weighted by molar-refractivity contribution is -0.119. The summed E-state index contributed by atoms with van der Waals surface area (Å²) in [5, 5.41) is 2.52. The number of ether oxygens (including phenoxy) is 1. The molecule has 0 aliphatic rings. The molecule has 0 saturated heterocycles. The summed E-state index contributed by atoms with van der Waals surface area (Å²) in [7, 11) is 3.77. The maximum Gasteiger partial charge on any atom is 0.344 e. The predicted molar refractivity (Wildman–Crippen MR) is 86.0 cm³/mol. The van der Waals surface area contributed by atoms with Crippen molar-refractivity contribution < 1.29 is 23.1 Å². The Morgan fingerprint density at radius 3 is 2.17 bits per heavy atom. The van der Waals surface area contributed by atoms with Crippen LogP contribution in [0, 0.1) is 11.6 Å².